The van der Waals surface area contributed by atoms with Crippen LogP contribution < -0.4 is 25.1 Å². The van der Waals surface area contributed by atoms with E-state index in [0.29, 0.717) is 28.6 Å². The Bertz CT molecular complexity index is 1500. The lowest BCUT2D eigenvalue weighted by molar-refractivity contribution is -0.112. The number of hydrogen-bond donors (Lipinski definition) is 1. The number of methoxy groups -OCH3 is 2. The van der Waals surface area contributed by atoms with E-state index in [1.807, 2.05) is 6.07 Å². The maximum Gasteiger partial charge on any atom is 0.269 e. The molecule has 174 valence electrons. The number of carbonyl (C=O) groups is 1. The first-order valence-corrected chi connectivity index (χ1v) is 10.4. The molecule has 9 nitrogen and oxygen atoms in total. The largest absolute Gasteiger partial charge is 0.497 e. The van der Waals surface area contributed by atoms with Crippen LogP contribution in [0.4, 0.5) is 5.69 Å². The first-order chi connectivity index (χ1) is 17.0. The fourth-order valence-corrected chi connectivity index (χ4v) is 3.20. The van der Waals surface area contributed by atoms with E-state index in [-0.39, 0.29) is 17.0 Å². The van der Waals surface area contributed by atoms with Crippen LogP contribution in [0.15, 0.2) is 83.3 Å². The molecule has 2 aromatic heterocycles. The molecule has 1 N–H and O–H groups in total. The molecule has 0 fully saturated rings. The maximum absolute atomic E-state index is 13.3. The van der Waals surface area contributed by atoms with E-state index in [0.717, 1.165) is 0 Å². The van der Waals surface area contributed by atoms with Gasteiger partial charge in [0, 0.05) is 11.9 Å². The molecule has 0 spiro atoms. The lowest BCUT2D eigenvalue weighted by Crippen LogP contribution is -2.20. The fourth-order valence-electron chi connectivity index (χ4n) is 3.20. The summed E-state index contributed by atoms with van der Waals surface area (Å²) in [5, 5.41) is 12.3. The Kier molecular flexibility index (Phi) is 6.74. The van der Waals surface area contributed by atoms with Crippen molar-refractivity contribution in [1.82, 2.24) is 9.38 Å². The van der Waals surface area contributed by atoms with Crippen molar-refractivity contribution in [2.75, 3.05) is 19.5 Å². The number of ether oxygens (including phenoxy) is 3. The number of hydrogen-bond acceptors (Lipinski definition) is 7. The minimum absolute atomic E-state index is 0.0450. The number of nitriles is 1. The monoisotopic (exact) mass is 468 g/mol. The Morgan fingerprint density at radius 1 is 0.971 bits per heavy atom. The second-order valence-corrected chi connectivity index (χ2v) is 7.19. The first kappa shape index (κ1) is 23.1. The van der Waals surface area contributed by atoms with E-state index in [1.54, 1.807) is 80.0 Å². The molecule has 4 aromatic rings. The van der Waals surface area contributed by atoms with Gasteiger partial charge in [0.2, 0.25) is 5.88 Å². The molecule has 9 heteroatoms. The zero-order valence-electron chi connectivity index (χ0n) is 18.9. The van der Waals surface area contributed by atoms with Gasteiger partial charge in [-0.2, -0.15) is 10.2 Å². The third kappa shape index (κ3) is 5.12. The second-order valence-electron chi connectivity index (χ2n) is 7.19. The molecule has 0 saturated carbocycles. The number of carbonyl (C=O) groups excluding carboxylic acids is 1. The SMILES string of the molecule is COc1ccc(NC(=O)/C(C#N)=C/c2c(Oc3ccc(OC)cc3)nc3ccccn3c2=O)cc1. The highest BCUT2D eigenvalue weighted by atomic mass is 16.5. The number of nitrogens with one attached hydrogen (secondary N) is 1. The summed E-state index contributed by atoms with van der Waals surface area (Å²) < 4.78 is 17.5. The second kappa shape index (κ2) is 10.2. The predicted octanol–water partition coefficient (Wildman–Crippen LogP) is 4.05. The first-order valence-electron chi connectivity index (χ1n) is 10.4. The Hall–Kier alpha value is -5.10. The number of benzene rings is 2. The number of pyridine rings is 1. The summed E-state index contributed by atoms with van der Waals surface area (Å²) in [5.74, 6) is 0.913. The molecule has 35 heavy (non-hydrogen) atoms. The van der Waals surface area contributed by atoms with Crippen molar-refractivity contribution in [3.63, 3.8) is 0 Å². The highest BCUT2D eigenvalue weighted by Gasteiger charge is 2.17. The highest BCUT2D eigenvalue weighted by Crippen LogP contribution is 2.26. The average Bonchev–Trinajstić information content (AvgIpc) is 2.89. The maximum atomic E-state index is 13.3. The molecule has 0 saturated heterocycles. The Morgan fingerprint density at radius 3 is 2.23 bits per heavy atom. The van der Waals surface area contributed by atoms with Gasteiger partial charge in [-0.25, -0.2) is 0 Å². The minimum Gasteiger partial charge on any atom is -0.497 e. The van der Waals surface area contributed by atoms with Crippen molar-refractivity contribution >= 4 is 23.3 Å². The molecule has 0 radical (unpaired) electrons. The van der Waals surface area contributed by atoms with Crippen LogP contribution >= 0.6 is 0 Å². The summed E-state index contributed by atoms with van der Waals surface area (Å²) in [7, 11) is 3.08. The number of anilines is 1. The van der Waals surface area contributed by atoms with E-state index >= 15 is 0 Å². The molecule has 1 amide bonds. The van der Waals surface area contributed by atoms with Crippen LogP contribution in [0.2, 0.25) is 0 Å². The molecule has 0 atom stereocenters. The van der Waals surface area contributed by atoms with Crippen LogP contribution in [0.1, 0.15) is 5.56 Å². The van der Waals surface area contributed by atoms with Crippen LogP contribution in [-0.2, 0) is 4.79 Å². The van der Waals surface area contributed by atoms with E-state index in [4.69, 9.17) is 14.2 Å². The van der Waals surface area contributed by atoms with Crippen molar-refractivity contribution in [2.45, 2.75) is 0 Å². The van der Waals surface area contributed by atoms with Crippen LogP contribution in [0.3, 0.4) is 0 Å². The third-order valence-electron chi connectivity index (χ3n) is 5.01. The molecule has 4 rings (SSSR count). The minimum atomic E-state index is -0.689. The van der Waals surface area contributed by atoms with Crippen molar-refractivity contribution in [1.29, 1.82) is 5.26 Å². The van der Waals surface area contributed by atoms with Crippen molar-refractivity contribution in [3.05, 3.63) is 94.4 Å². The molecule has 0 unspecified atom stereocenters. The van der Waals surface area contributed by atoms with Crippen LogP contribution in [0, 0.1) is 11.3 Å². The van der Waals surface area contributed by atoms with Gasteiger partial charge in [-0.15, -0.1) is 0 Å². The van der Waals surface area contributed by atoms with Crippen LogP contribution in [-0.4, -0.2) is 29.5 Å². The van der Waals surface area contributed by atoms with Gasteiger partial charge in [0.1, 0.15) is 40.1 Å². The Morgan fingerprint density at radius 2 is 1.60 bits per heavy atom. The van der Waals surface area contributed by atoms with E-state index in [9.17, 15) is 14.9 Å². The van der Waals surface area contributed by atoms with E-state index in [2.05, 4.69) is 10.3 Å². The molecule has 0 aliphatic heterocycles. The van der Waals surface area contributed by atoms with Gasteiger partial charge in [-0.1, -0.05) is 6.07 Å². The number of fused-ring (bicyclic) bond motifs is 1. The zero-order valence-corrected chi connectivity index (χ0v) is 18.9. The van der Waals surface area contributed by atoms with Gasteiger partial charge < -0.3 is 19.5 Å². The van der Waals surface area contributed by atoms with Crippen molar-refractivity contribution < 1.29 is 19.0 Å². The number of amides is 1. The van der Waals surface area contributed by atoms with Crippen molar-refractivity contribution in [2.24, 2.45) is 0 Å². The summed E-state index contributed by atoms with van der Waals surface area (Å²) in [5.41, 5.74) is -0.0374. The normalized spacial score (nSPS) is 10.9. The van der Waals surface area contributed by atoms with Gasteiger partial charge >= 0.3 is 0 Å². The molecule has 0 aliphatic rings. The summed E-state index contributed by atoms with van der Waals surface area (Å²) >= 11 is 0. The van der Waals surface area contributed by atoms with Crippen molar-refractivity contribution in [3.8, 4) is 29.2 Å². The predicted molar refractivity (Wildman–Crippen MR) is 130 cm³/mol. The summed E-state index contributed by atoms with van der Waals surface area (Å²) in [6.07, 6.45) is 2.72. The molecule has 0 aliphatic carbocycles. The van der Waals surface area contributed by atoms with E-state index < -0.39 is 11.5 Å². The summed E-state index contributed by atoms with van der Waals surface area (Å²) in [4.78, 5) is 30.5. The average molecular weight is 468 g/mol. The third-order valence-corrected chi connectivity index (χ3v) is 5.01. The molecule has 2 heterocycles. The smallest absolute Gasteiger partial charge is 0.269 e. The quantitative estimate of drug-likeness (QED) is 0.321. The lowest BCUT2D eigenvalue weighted by atomic mass is 10.1. The standard InChI is InChI=1S/C26H20N4O5/c1-33-19-8-6-18(7-9-19)28-24(31)17(16-27)15-22-25(35-21-12-10-20(34-2)11-13-21)29-23-5-3-4-14-30(23)26(22)32/h3-15H,1-2H3,(H,28,31)/b17-15+. The summed E-state index contributed by atoms with van der Waals surface area (Å²) in [6.45, 7) is 0. The van der Waals surface area contributed by atoms with Crippen LogP contribution in [0.5, 0.6) is 23.1 Å². The fraction of sp³-hybridized carbons (Fsp3) is 0.0769. The summed E-state index contributed by atoms with van der Waals surface area (Å²) in [6, 6.07) is 20.2. The molecular formula is C26H20N4O5. The van der Waals surface area contributed by atoms with Gasteiger partial charge in [-0.3, -0.25) is 14.0 Å². The zero-order chi connectivity index (χ0) is 24.8. The topological polar surface area (TPSA) is 115 Å². The Labute approximate surface area is 200 Å². The van der Waals surface area contributed by atoms with Gasteiger partial charge in [0.15, 0.2) is 0 Å². The molecule has 2 aromatic carbocycles. The Balaban J connectivity index is 1.75. The van der Waals surface area contributed by atoms with Gasteiger partial charge in [-0.05, 0) is 66.7 Å². The van der Waals surface area contributed by atoms with E-state index in [1.165, 1.54) is 17.6 Å². The molecular weight excluding hydrogens is 448 g/mol. The van der Waals surface area contributed by atoms with Gasteiger partial charge in [0.25, 0.3) is 11.5 Å². The number of nitrogens with zero attached hydrogens (tertiary/aromatic N) is 3. The number of rotatable bonds is 7. The van der Waals surface area contributed by atoms with Crippen LogP contribution in [0.25, 0.3) is 11.7 Å². The lowest BCUT2D eigenvalue weighted by Gasteiger charge is -2.11. The molecule has 0 bridgehead atoms. The number of aromatic nitrogens is 2. The van der Waals surface area contributed by atoms with Gasteiger partial charge in [0.05, 0.1) is 14.2 Å². The highest BCUT2D eigenvalue weighted by molar-refractivity contribution is 6.09.